The molecule has 0 bridgehead atoms. The average molecular weight is 263 g/mol. The summed E-state index contributed by atoms with van der Waals surface area (Å²) in [7, 11) is 1.68. The van der Waals surface area contributed by atoms with Crippen LogP contribution < -0.4 is 16.0 Å². The minimum atomic E-state index is 0.0625. The minimum absolute atomic E-state index is 0.0625. The molecular weight excluding hydrogens is 246 g/mol. The molecule has 0 aliphatic heterocycles. The number of para-hydroxylation sites is 1. The highest BCUT2D eigenvalue weighted by Gasteiger charge is 2.15. The van der Waals surface area contributed by atoms with Gasteiger partial charge in [0.1, 0.15) is 5.75 Å². The van der Waals surface area contributed by atoms with Gasteiger partial charge in [-0.3, -0.25) is 11.3 Å². The first-order valence-electron chi connectivity index (χ1n) is 5.75. The van der Waals surface area contributed by atoms with Crippen molar-refractivity contribution in [3.63, 3.8) is 0 Å². The summed E-state index contributed by atoms with van der Waals surface area (Å²) in [5.41, 5.74) is 3.98. The molecule has 0 aliphatic carbocycles. The van der Waals surface area contributed by atoms with Gasteiger partial charge >= 0.3 is 0 Å². The van der Waals surface area contributed by atoms with Crippen LogP contribution in [0.3, 0.4) is 0 Å². The molecule has 0 radical (unpaired) electrons. The van der Waals surface area contributed by atoms with Crippen molar-refractivity contribution in [3.8, 4) is 5.75 Å². The smallest absolute Gasteiger partial charge is 0.122 e. The Bertz CT molecular complexity index is 512. The number of hydrogen-bond acceptors (Lipinski definition) is 5. The van der Waals surface area contributed by atoms with E-state index in [1.54, 1.807) is 18.4 Å². The van der Waals surface area contributed by atoms with Gasteiger partial charge in [0.2, 0.25) is 0 Å². The van der Waals surface area contributed by atoms with Gasteiger partial charge in [-0.05, 0) is 25.0 Å². The number of rotatable bonds is 5. The van der Waals surface area contributed by atoms with Crippen LogP contribution in [0.5, 0.6) is 5.75 Å². The topological polar surface area (TPSA) is 60.2 Å². The Morgan fingerprint density at radius 1 is 1.44 bits per heavy atom. The molecular formula is C13H17N3OS. The number of ether oxygens (including phenoxy) is 1. The third-order valence-corrected chi connectivity index (χ3v) is 3.83. The van der Waals surface area contributed by atoms with Gasteiger partial charge in [0, 0.05) is 11.1 Å². The van der Waals surface area contributed by atoms with Crippen LogP contribution in [0.2, 0.25) is 0 Å². The van der Waals surface area contributed by atoms with Crippen molar-refractivity contribution in [2.45, 2.75) is 19.4 Å². The average Bonchev–Trinajstić information content (AvgIpc) is 2.83. The van der Waals surface area contributed by atoms with Crippen LogP contribution in [0.15, 0.2) is 30.5 Å². The molecule has 1 aromatic heterocycles. The van der Waals surface area contributed by atoms with Crippen molar-refractivity contribution in [1.29, 1.82) is 0 Å². The summed E-state index contributed by atoms with van der Waals surface area (Å²) >= 11 is 1.66. The molecule has 2 rings (SSSR count). The highest BCUT2D eigenvalue weighted by molar-refractivity contribution is 7.11. The predicted molar refractivity (Wildman–Crippen MR) is 73.6 cm³/mol. The molecule has 4 nitrogen and oxygen atoms in total. The molecule has 1 atom stereocenters. The van der Waals surface area contributed by atoms with Gasteiger partial charge in [-0.1, -0.05) is 18.2 Å². The molecule has 1 heterocycles. The highest BCUT2D eigenvalue weighted by Crippen LogP contribution is 2.27. The lowest BCUT2D eigenvalue weighted by molar-refractivity contribution is 0.406. The van der Waals surface area contributed by atoms with Gasteiger partial charge in [0.25, 0.3) is 0 Å². The molecule has 0 fully saturated rings. The van der Waals surface area contributed by atoms with Gasteiger partial charge in [0.15, 0.2) is 0 Å². The van der Waals surface area contributed by atoms with Crippen molar-refractivity contribution in [2.24, 2.45) is 5.84 Å². The predicted octanol–water partition coefficient (Wildman–Crippen LogP) is 2.21. The van der Waals surface area contributed by atoms with Crippen molar-refractivity contribution >= 4 is 11.3 Å². The van der Waals surface area contributed by atoms with Crippen molar-refractivity contribution < 1.29 is 4.74 Å². The minimum Gasteiger partial charge on any atom is -0.496 e. The van der Waals surface area contributed by atoms with E-state index in [-0.39, 0.29) is 6.04 Å². The quantitative estimate of drug-likeness (QED) is 0.641. The van der Waals surface area contributed by atoms with Gasteiger partial charge in [0.05, 0.1) is 18.2 Å². The van der Waals surface area contributed by atoms with Gasteiger partial charge in [-0.15, -0.1) is 11.3 Å². The van der Waals surface area contributed by atoms with Crippen LogP contribution >= 0.6 is 11.3 Å². The Labute approximate surface area is 111 Å². The molecule has 0 saturated heterocycles. The summed E-state index contributed by atoms with van der Waals surface area (Å²) in [6.45, 7) is 1.99. The fourth-order valence-electron chi connectivity index (χ4n) is 1.87. The van der Waals surface area contributed by atoms with Crippen LogP contribution in [0.1, 0.15) is 21.5 Å². The molecule has 3 N–H and O–H groups in total. The maximum absolute atomic E-state index is 5.64. The molecule has 5 heteroatoms. The summed E-state index contributed by atoms with van der Waals surface area (Å²) < 4.78 is 5.35. The zero-order valence-electron chi connectivity index (χ0n) is 10.5. The summed E-state index contributed by atoms with van der Waals surface area (Å²) in [5, 5.41) is 1.05. The number of hydrogen-bond donors (Lipinski definition) is 2. The maximum atomic E-state index is 5.64. The maximum Gasteiger partial charge on any atom is 0.122 e. The SMILES string of the molecule is COc1ccccc1CC(NN)c1cnc(C)s1. The van der Waals surface area contributed by atoms with Crippen LogP contribution in [0.25, 0.3) is 0 Å². The van der Waals surface area contributed by atoms with Crippen molar-refractivity contribution in [3.05, 3.63) is 45.9 Å². The molecule has 0 amide bonds. The van der Waals surface area contributed by atoms with E-state index in [1.165, 1.54) is 0 Å². The number of methoxy groups -OCH3 is 1. The standard InChI is InChI=1S/C13H17N3OS/c1-9-15-8-13(18-9)11(16-14)7-10-5-3-4-6-12(10)17-2/h3-6,8,11,16H,7,14H2,1-2H3. The van der Waals surface area contributed by atoms with Gasteiger partial charge < -0.3 is 4.74 Å². The van der Waals surface area contributed by atoms with Gasteiger partial charge in [-0.25, -0.2) is 4.98 Å². The summed E-state index contributed by atoms with van der Waals surface area (Å²) in [6, 6.07) is 8.04. The fourth-order valence-corrected chi connectivity index (χ4v) is 2.72. The lowest BCUT2D eigenvalue weighted by Crippen LogP contribution is -2.29. The molecule has 0 aliphatic rings. The molecule has 0 saturated carbocycles. The number of hydrazine groups is 1. The first-order chi connectivity index (χ1) is 8.74. The summed E-state index contributed by atoms with van der Waals surface area (Å²) in [5.74, 6) is 6.53. The number of aromatic nitrogens is 1. The molecule has 2 aromatic rings. The molecule has 0 spiro atoms. The van der Waals surface area contributed by atoms with Crippen LogP contribution in [-0.4, -0.2) is 12.1 Å². The van der Waals surface area contributed by atoms with E-state index in [2.05, 4.69) is 16.5 Å². The van der Waals surface area contributed by atoms with E-state index in [4.69, 9.17) is 10.6 Å². The van der Waals surface area contributed by atoms with E-state index < -0.39 is 0 Å². The zero-order valence-corrected chi connectivity index (χ0v) is 11.3. The first kappa shape index (κ1) is 13.0. The zero-order chi connectivity index (χ0) is 13.0. The first-order valence-corrected chi connectivity index (χ1v) is 6.56. The second-order valence-electron chi connectivity index (χ2n) is 4.02. The Hall–Kier alpha value is -1.43. The van der Waals surface area contributed by atoms with E-state index in [1.807, 2.05) is 31.3 Å². The second kappa shape index (κ2) is 5.95. The Balaban J connectivity index is 2.20. The normalized spacial score (nSPS) is 12.4. The Morgan fingerprint density at radius 3 is 2.83 bits per heavy atom. The van der Waals surface area contributed by atoms with E-state index in [0.717, 1.165) is 27.6 Å². The number of benzene rings is 1. The molecule has 1 unspecified atom stereocenters. The van der Waals surface area contributed by atoms with Gasteiger partial charge in [-0.2, -0.15) is 0 Å². The highest BCUT2D eigenvalue weighted by atomic mass is 32.1. The number of thiazole rings is 1. The Kier molecular flexibility index (Phi) is 4.30. The number of nitrogens with two attached hydrogens (primary N) is 1. The number of aryl methyl sites for hydroxylation is 1. The van der Waals surface area contributed by atoms with E-state index in [9.17, 15) is 0 Å². The largest absolute Gasteiger partial charge is 0.496 e. The summed E-state index contributed by atoms with van der Waals surface area (Å²) in [6.07, 6.45) is 2.65. The third kappa shape index (κ3) is 2.87. The van der Waals surface area contributed by atoms with Crippen LogP contribution in [-0.2, 0) is 6.42 Å². The van der Waals surface area contributed by atoms with Crippen LogP contribution in [0.4, 0.5) is 0 Å². The van der Waals surface area contributed by atoms with Crippen molar-refractivity contribution in [1.82, 2.24) is 10.4 Å². The number of nitrogens with one attached hydrogen (secondary N) is 1. The molecule has 1 aromatic carbocycles. The monoisotopic (exact) mass is 263 g/mol. The molecule has 96 valence electrons. The number of nitrogens with zero attached hydrogens (tertiary/aromatic N) is 1. The molecule has 18 heavy (non-hydrogen) atoms. The van der Waals surface area contributed by atoms with Crippen molar-refractivity contribution in [2.75, 3.05) is 7.11 Å². The third-order valence-electron chi connectivity index (χ3n) is 2.80. The van der Waals surface area contributed by atoms with E-state index in [0.29, 0.717) is 0 Å². The Morgan fingerprint density at radius 2 is 2.22 bits per heavy atom. The second-order valence-corrected chi connectivity index (χ2v) is 5.28. The van der Waals surface area contributed by atoms with E-state index >= 15 is 0 Å². The lowest BCUT2D eigenvalue weighted by Gasteiger charge is -2.15. The fraction of sp³-hybridized carbons (Fsp3) is 0.308. The summed E-state index contributed by atoms with van der Waals surface area (Å²) in [4.78, 5) is 5.40. The lowest BCUT2D eigenvalue weighted by atomic mass is 10.0. The van der Waals surface area contributed by atoms with Crippen LogP contribution in [0, 0.1) is 6.92 Å².